The molecular weight excluding hydrogens is 218 g/mol. The number of allylic oxidation sites excluding steroid dienone is 3. The number of ether oxygens (including phenoxy) is 1. The van der Waals surface area contributed by atoms with E-state index in [0.29, 0.717) is 0 Å². The first kappa shape index (κ1) is 13.1. The summed E-state index contributed by atoms with van der Waals surface area (Å²) in [4.78, 5) is 10.3. The lowest BCUT2D eigenvalue weighted by Gasteiger charge is -2.06. The highest BCUT2D eigenvalue weighted by Crippen LogP contribution is 2.05. The molecule has 0 spiro atoms. The third kappa shape index (κ3) is 5.08. The smallest absolute Gasteiger partial charge is 0.309 e. The maximum Gasteiger partial charge on any atom is 0.335 e. The lowest BCUT2D eigenvalue weighted by atomic mass is 10.2. The summed E-state index contributed by atoms with van der Waals surface area (Å²) in [5.74, 6) is 0. The Bertz CT molecular complexity index is 398. The van der Waals surface area contributed by atoms with Crippen LogP contribution in [-0.2, 0) is 11.3 Å². The number of nitro groups is 1. The van der Waals surface area contributed by atoms with E-state index in [9.17, 15) is 10.1 Å². The normalized spacial score (nSPS) is 13.2. The molecule has 17 heavy (non-hydrogen) atoms. The Labute approximate surface area is 100 Å². The van der Waals surface area contributed by atoms with Crippen molar-refractivity contribution in [2.24, 2.45) is 0 Å². The third-order valence-corrected chi connectivity index (χ3v) is 2.05. The van der Waals surface area contributed by atoms with Gasteiger partial charge in [0.2, 0.25) is 0 Å². The molecule has 90 valence electrons. The molecule has 1 unspecified atom stereocenters. The predicted molar refractivity (Wildman–Crippen MR) is 66.0 cm³/mol. The summed E-state index contributed by atoms with van der Waals surface area (Å²) in [6.07, 6.45) is 5.44. The number of rotatable bonds is 6. The molecule has 1 rings (SSSR count). The van der Waals surface area contributed by atoms with Crippen molar-refractivity contribution in [3.05, 3.63) is 70.3 Å². The van der Waals surface area contributed by atoms with Crippen molar-refractivity contribution in [2.45, 2.75) is 19.8 Å². The summed E-state index contributed by atoms with van der Waals surface area (Å²) < 4.78 is 5.22. The highest BCUT2D eigenvalue weighted by molar-refractivity contribution is 5.13. The molecule has 0 amide bonds. The second kappa shape index (κ2) is 7.35. The first-order valence-electron chi connectivity index (χ1n) is 5.32. The Balaban J connectivity index is 2.53. The second-order valence-electron chi connectivity index (χ2n) is 3.38. The molecule has 0 aliphatic rings. The van der Waals surface area contributed by atoms with Gasteiger partial charge < -0.3 is 4.74 Å². The molecule has 0 saturated heterocycles. The summed E-state index contributed by atoms with van der Waals surface area (Å²) >= 11 is 0. The Hall–Kier alpha value is -1.94. The van der Waals surface area contributed by atoms with Gasteiger partial charge >= 0.3 is 6.23 Å². The van der Waals surface area contributed by atoms with E-state index in [1.165, 1.54) is 6.08 Å². The van der Waals surface area contributed by atoms with E-state index in [-0.39, 0.29) is 6.61 Å². The van der Waals surface area contributed by atoms with Gasteiger partial charge in [-0.25, -0.2) is 0 Å². The van der Waals surface area contributed by atoms with Crippen LogP contribution in [0, 0.1) is 10.1 Å². The molecule has 1 aromatic carbocycles. The summed E-state index contributed by atoms with van der Waals surface area (Å²) in [6.45, 7) is 2.07. The fourth-order valence-corrected chi connectivity index (χ4v) is 1.21. The van der Waals surface area contributed by atoms with E-state index < -0.39 is 11.2 Å². The molecule has 4 heteroatoms. The summed E-state index contributed by atoms with van der Waals surface area (Å²) in [6, 6.07) is 9.37. The van der Waals surface area contributed by atoms with Gasteiger partial charge in [0.05, 0.1) is 11.5 Å². The predicted octanol–water partition coefficient (Wildman–Crippen LogP) is 2.94. The van der Waals surface area contributed by atoms with E-state index in [4.69, 9.17) is 4.74 Å². The summed E-state index contributed by atoms with van der Waals surface area (Å²) in [5, 5.41) is 10.7. The number of nitrogens with zero attached hydrogens (tertiary/aromatic N) is 1. The zero-order valence-electron chi connectivity index (χ0n) is 9.65. The van der Waals surface area contributed by atoms with Crippen LogP contribution in [0.15, 0.2) is 54.6 Å². The van der Waals surface area contributed by atoms with Gasteiger partial charge in [0.25, 0.3) is 0 Å². The van der Waals surface area contributed by atoms with E-state index >= 15 is 0 Å². The van der Waals surface area contributed by atoms with Gasteiger partial charge in [-0.2, -0.15) is 0 Å². The molecule has 1 aromatic rings. The minimum Gasteiger partial charge on any atom is -0.309 e. The molecule has 0 N–H and O–H groups in total. The zero-order chi connectivity index (χ0) is 12.5. The van der Waals surface area contributed by atoms with Crippen LogP contribution in [0.5, 0.6) is 0 Å². The highest BCUT2D eigenvalue weighted by Gasteiger charge is 2.15. The summed E-state index contributed by atoms with van der Waals surface area (Å²) in [7, 11) is 0. The fourth-order valence-electron chi connectivity index (χ4n) is 1.21. The average Bonchev–Trinajstić information content (AvgIpc) is 2.34. The minimum atomic E-state index is -1.11. The van der Waals surface area contributed by atoms with Gasteiger partial charge in [0.15, 0.2) is 0 Å². The average molecular weight is 233 g/mol. The molecule has 0 saturated carbocycles. The number of hydrogen-bond acceptors (Lipinski definition) is 3. The van der Waals surface area contributed by atoms with E-state index in [2.05, 4.69) is 0 Å². The van der Waals surface area contributed by atoms with Gasteiger partial charge in [-0.3, -0.25) is 10.1 Å². The number of hydrogen-bond donors (Lipinski definition) is 0. The Morgan fingerprint density at radius 3 is 2.65 bits per heavy atom. The largest absolute Gasteiger partial charge is 0.335 e. The van der Waals surface area contributed by atoms with E-state index in [1.807, 2.05) is 37.3 Å². The van der Waals surface area contributed by atoms with Gasteiger partial charge in [-0.05, 0) is 12.5 Å². The van der Waals surface area contributed by atoms with Gasteiger partial charge in [0, 0.05) is 6.08 Å². The first-order chi connectivity index (χ1) is 8.24. The van der Waals surface area contributed by atoms with Gasteiger partial charge in [0.1, 0.15) is 0 Å². The molecule has 0 aliphatic heterocycles. The van der Waals surface area contributed by atoms with Crippen molar-refractivity contribution in [2.75, 3.05) is 0 Å². The molecule has 1 atom stereocenters. The van der Waals surface area contributed by atoms with Crippen molar-refractivity contribution in [1.82, 2.24) is 0 Å². The Morgan fingerprint density at radius 1 is 1.35 bits per heavy atom. The Morgan fingerprint density at radius 2 is 2.06 bits per heavy atom. The van der Waals surface area contributed by atoms with Crippen LogP contribution in [-0.4, -0.2) is 11.2 Å². The highest BCUT2D eigenvalue weighted by atomic mass is 16.7. The molecule has 0 aromatic heterocycles. The maximum atomic E-state index is 10.7. The summed E-state index contributed by atoms with van der Waals surface area (Å²) in [5.41, 5.74) is 0.916. The minimum absolute atomic E-state index is 0.229. The Kier molecular flexibility index (Phi) is 5.68. The standard InChI is InChI=1S/C13H15NO3/c1-2-3-5-10-13(14(15)16)17-11-12-8-6-4-7-9-12/h2-10,13H,11H2,1H3/b3-2+,10-5+. The molecule has 0 fully saturated rings. The molecule has 0 bridgehead atoms. The van der Waals surface area contributed by atoms with Crippen molar-refractivity contribution in [3.8, 4) is 0 Å². The van der Waals surface area contributed by atoms with Crippen molar-refractivity contribution in [3.63, 3.8) is 0 Å². The molecular formula is C13H15NO3. The third-order valence-electron chi connectivity index (χ3n) is 2.05. The van der Waals surface area contributed by atoms with Crippen molar-refractivity contribution < 1.29 is 9.66 Å². The first-order valence-corrected chi connectivity index (χ1v) is 5.32. The van der Waals surface area contributed by atoms with Crippen LogP contribution in [0.2, 0.25) is 0 Å². The van der Waals surface area contributed by atoms with Crippen LogP contribution in [0.3, 0.4) is 0 Å². The monoisotopic (exact) mass is 233 g/mol. The maximum absolute atomic E-state index is 10.7. The van der Waals surface area contributed by atoms with Gasteiger partial charge in [-0.1, -0.05) is 48.6 Å². The van der Waals surface area contributed by atoms with Crippen LogP contribution < -0.4 is 0 Å². The van der Waals surface area contributed by atoms with Gasteiger partial charge in [-0.15, -0.1) is 0 Å². The number of benzene rings is 1. The second-order valence-corrected chi connectivity index (χ2v) is 3.38. The van der Waals surface area contributed by atoms with E-state index in [1.54, 1.807) is 18.2 Å². The lowest BCUT2D eigenvalue weighted by molar-refractivity contribution is -0.562. The quantitative estimate of drug-likeness (QED) is 0.328. The SMILES string of the molecule is C/C=C/C=C/C(OCc1ccccc1)[N+](=O)[O-]. The molecule has 0 heterocycles. The molecule has 4 nitrogen and oxygen atoms in total. The van der Waals surface area contributed by atoms with Crippen molar-refractivity contribution in [1.29, 1.82) is 0 Å². The lowest BCUT2D eigenvalue weighted by Crippen LogP contribution is -2.20. The van der Waals surface area contributed by atoms with E-state index in [0.717, 1.165) is 5.56 Å². The zero-order valence-corrected chi connectivity index (χ0v) is 9.65. The van der Waals surface area contributed by atoms with Crippen LogP contribution in [0.25, 0.3) is 0 Å². The van der Waals surface area contributed by atoms with Crippen LogP contribution in [0.1, 0.15) is 12.5 Å². The van der Waals surface area contributed by atoms with Crippen LogP contribution in [0.4, 0.5) is 0 Å². The van der Waals surface area contributed by atoms with Crippen LogP contribution >= 0.6 is 0 Å². The van der Waals surface area contributed by atoms with Crippen molar-refractivity contribution >= 4 is 0 Å². The molecule has 0 aliphatic carbocycles. The fraction of sp³-hybridized carbons (Fsp3) is 0.231. The topological polar surface area (TPSA) is 52.4 Å². The molecule has 0 radical (unpaired) electrons.